The fraction of sp³-hybridized carbons (Fsp3) is 0.368. The molecule has 1 N–H and O–H groups in total. The van der Waals surface area contributed by atoms with Crippen LogP contribution in [0, 0.1) is 5.82 Å². The molecule has 1 atom stereocenters. The van der Waals surface area contributed by atoms with E-state index in [9.17, 15) is 22.4 Å². The zero-order valence-corrected chi connectivity index (χ0v) is 15.9. The van der Waals surface area contributed by atoms with Crippen LogP contribution in [0.4, 0.5) is 23.5 Å². The molecule has 1 amide bonds. The number of hydrogen-bond acceptors (Lipinski definition) is 4. The zero-order chi connectivity index (χ0) is 21.5. The minimum Gasteiger partial charge on any atom is -0.291 e. The summed E-state index contributed by atoms with van der Waals surface area (Å²) in [7, 11) is 0. The van der Waals surface area contributed by atoms with E-state index >= 15 is 0 Å². The van der Waals surface area contributed by atoms with Gasteiger partial charge in [0.2, 0.25) is 5.95 Å². The van der Waals surface area contributed by atoms with E-state index in [0.29, 0.717) is 12.2 Å². The molecule has 1 fully saturated rings. The molecule has 0 saturated heterocycles. The summed E-state index contributed by atoms with van der Waals surface area (Å²) in [6, 6.07) is 5.90. The van der Waals surface area contributed by atoms with E-state index in [2.05, 4.69) is 20.5 Å². The number of amides is 1. The molecule has 0 aliphatic heterocycles. The van der Waals surface area contributed by atoms with Crippen LogP contribution in [0.1, 0.15) is 48.7 Å². The van der Waals surface area contributed by atoms with Gasteiger partial charge in [-0.05, 0) is 43.5 Å². The second-order valence-electron chi connectivity index (χ2n) is 7.23. The lowest BCUT2D eigenvalue weighted by Gasteiger charge is -2.14. The van der Waals surface area contributed by atoms with Gasteiger partial charge in [-0.1, -0.05) is 12.1 Å². The van der Waals surface area contributed by atoms with Gasteiger partial charge in [-0.15, -0.1) is 5.10 Å². The molecular formula is C19H18F4N6O. The summed E-state index contributed by atoms with van der Waals surface area (Å²) in [6.07, 6.45) is -1.64. The van der Waals surface area contributed by atoms with Crippen molar-refractivity contribution < 1.29 is 22.4 Å². The first-order valence-corrected chi connectivity index (χ1v) is 9.32. The second kappa shape index (κ2) is 7.54. The van der Waals surface area contributed by atoms with Crippen LogP contribution in [-0.2, 0) is 17.5 Å². The molecule has 1 aromatic carbocycles. The van der Waals surface area contributed by atoms with Gasteiger partial charge in [0, 0.05) is 11.6 Å². The predicted octanol–water partition coefficient (Wildman–Crippen LogP) is 3.76. The quantitative estimate of drug-likeness (QED) is 0.614. The summed E-state index contributed by atoms with van der Waals surface area (Å²) in [5.41, 5.74) is 0.184. The standard InChI is InChI=1S/C19H18F4N6O/c1-11(29-15(13-4-5-13)8-16(26-29)19(21,22)23)17(30)25-18-24-10-28(27-18)9-12-2-6-14(20)7-3-12/h2-3,6-8,10-11,13H,4-5,9H2,1H3,(H,25,27,30). The van der Waals surface area contributed by atoms with Crippen molar-refractivity contribution in [2.75, 3.05) is 5.32 Å². The van der Waals surface area contributed by atoms with E-state index in [1.54, 1.807) is 12.1 Å². The number of rotatable bonds is 6. The number of aromatic nitrogens is 5. The van der Waals surface area contributed by atoms with Crippen LogP contribution >= 0.6 is 0 Å². The van der Waals surface area contributed by atoms with Gasteiger partial charge in [0.1, 0.15) is 18.2 Å². The monoisotopic (exact) mass is 422 g/mol. The van der Waals surface area contributed by atoms with E-state index in [1.807, 2.05) is 0 Å². The lowest BCUT2D eigenvalue weighted by Crippen LogP contribution is -2.26. The Morgan fingerprint density at radius 1 is 1.23 bits per heavy atom. The summed E-state index contributed by atoms with van der Waals surface area (Å²) in [4.78, 5) is 16.6. The molecule has 7 nitrogen and oxygen atoms in total. The van der Waals surface area contributed by atoms with Crippen molar-refractivity contribution in [1.29, 1.82) is 0 Å². The Morgan fingerprint density at radius 3 is 2.57 bits per heavy atom. The number of carbonyl (C=O) groups excluding carboxylic acids is 1. The van der Waals surface area contributed by atoms with Crippen molar-refractivity contribution in [2.45, 2.75) is 44.4 Å². The Hall–Kier alpha value is -3.24. The molecule has 1 aliphatic carbocycles. The second-order valence-corrected chi connectivity index (χ2v) is 7.23. The van der Waals surface area contributed by atoms with Crippen LogP contribution in [0.15, 0.2) is 36.7 Å². The summed E-state index contributed by atoms with van der Waals surface area (Å²) in [5.74, 6) is -0.924. The molecular weight excluding hydrogens is 404 g/mol. The third-order valence-corrected chi connectivity index (χ3v) is 4.83. The SMILES string of the molecule is CC(C(=O)Nc1ncn(Cc2ccc(F)cc2)n1)n1nc(C(F)(F)F)cc1C1CC1. The maximum absolute atomic E-state index is 13.1. The van der Waals surface area contributed by atoms with Gasteiger partial charge in [-0.25, -0.2) is 14.1 Å². The maximum atomic E-state index is 13.1. The molecule has 0 bridgehead atoms. The molecule has 30 heavy (non-hydrogen) atoms. The highest BCUT2D eigenvalue weighted by Crippen LogP contribution is 2.43. The van der Waals surface area contributed by atoms with Gasteiger partial charge in [0.25, 0.3) is 5.91 Å². The highest BCUT2D eigenvalue weighted by atomic mass is 19.4. The lowest BCUT2D eigenvalue weighted by molar-refractivity contribution is -0.141. The van der Waals surface area contributed by atoms with E-state index in [0.717, 1.165) is 29.2 Å². The van der Waals surface area contributed by atoms with Crippen LogP contribution in [0.2, 0.25) is 0 Å². The topological polar surface area (TPSA) is 77.6 Å². The third-order valence-electron chi connectivity index (χ3n) is 4.83. The third kappa shape index (κ3) is 4.34. The Labute approximate surface area is 168 Å². The Bertz CT molecular complexity index is 1050. The highest BCUT2D eigenvalue weighted by molar-refractivity contribution is 5.91. The molecule has 0 spiro atoms. The Kier molecular flexibility index (Phi) is 5.04. The number of alkyl halides is 3. The number of hydrogen-bond donors (Lipinski definition) is 1. The number of carbonyl (C=O) groups is 1. The summed E-state index contributed by atoms with van der Waals surface area (Å²) < 4.78 is 54.8. The van der Waals surface area contributed by atoms with Gasteiger partial charge in [0.05, 0.1) is 6.54 Å². The Balaban J connectivity index is 1.46. The van der Waals surface area contributed by atoms with Crippen molar-refractivity contribution in [3.63, 3.8) is 0 Å². The van der Waals surface area contributed by atoms with Crippen molar-refractivity contribution in [2.24, 2.45) is 0 Å². The van der Waals surface area contributed by atoms with Gasteiger partial charge in [-0.2, -0.15) is 18.3 Å². The normalized spacial score (nSPS) is 15.2. The largest absolute Gasteiger partial charge is 0.435 e. The first-order valence-electron chi connectivity index (χ1n) is 9.32. The highest BCUT2D eigenvalue weighted by Gasteiger charge is 2.39. The first kappa shape index (κ1) is 20.0. The lowest BCUT2D eigenvalue weighted by atomic mass is 10.2. The van der Waals surface area contributed by atoms with E-state index < -0.39 is 23.8 Å². The van der Waals surface area contributed by atoms with Crippen LogP contribution in [0.5, 0.6) is 0 Å². The van der Waals surface area contributed by atoms with Crippen molar-refractivity contribution in [3.05, 3.63) is 59.4 Å². The van der Waals surface area contributed by atoms with Gasteiger partial charge in [0.15, 0.2) is 5.69 Å². The summed E-state index contributed by atoms with van der Waals surface area (Å²) in [5, 5.41) is 10.3. The average molecular weight is 422 g/mol. The van der Waals surface area contributed by atoms with E-state index in [-0.39, 0.29) is 17.7 Å². The van der Waals surface area contributed by atoms with Gasteiger partial charge < -0.3 is 0 Å². The van der Waals surface area contributed by atoms with E-state index in [4.69, 9.17) is 0 Å². The zero-order valence-electron chi connectivity index (χ0n) is 15.9. The molecule has 158 valence electrons. The minimum atomic E-state index is -4.58. The molecule has 1 unspecified atom stereocenters. The smallest absolute Gasteiger partial charge is 0.291 e. The van der Waals surface area contributed by atoms with Gasteiger partial charge in [-0.3, -0.25) is 14.8 Å². The van der Waals surface area contributed by atoms with Crippen LogP contribution in [-0.4, -0.2) is 30.5 Å². The average Bonchev–Trinajstić information content (AvgIpc) is 3.27. The van der Waals surface area contributed by atoms with Crippen molar-refractivity contribution in [3.8, 4) is 0 Å². The number of halogens is 4. The molecule has 1 aliphatic rings. The molecule has 3 aromatic rings. The molecule has 1 saturated carbocycles. The molecule has 2 aromatic heterocycles. The van der Waals surface area contributed by atoms with Gasteiger partial charge >= 0.3 is 6.18 Å². The predicted molar refractivity (Wildman–Crippen MR) is 98.1 cm³/mol. The molecule has 2 heterocycles. The summed E-state index contributed by atoms with van der Waals surface area (Å²) in [6.45, 7) is 1.79. The van der Waals surface area contributed by atoms with Crippen LogP contribution < -0.4 is 5.32 Å². The summed E-state index contributed by atoms with van der Waals surface area (Å²) >= 11 is 0. The number of nitrogens with one attached hydrogen (secondary N) is 1. The molecule has 4 rings (SSSR count). The molecule has 0 radical (unpaired) electrons. The number of anilines is 1. The molecule has 11 heteroatoms. The van der Waals surface area contributed by atoms with Crippen molar-refractivity contribution >= 4 is 11.9 Å². The first-order chi connectivity index (χ1) is 14.2. The Morgan fingerprint density at radius 2 is 1.93 bits per heavy atom. The van der Waals surface area contributed by atoms with Crippen LogP contribution in [0.3, 0.4) is 0 Å². The number of nitrogens with zero attached hydrogens (tertiary/aromatic N) is 5. The maximum Gasteiger partial charge on any atom is 0.435 e. The van der Waals surface area contributed by atoms with Crippen LogP contribution in [0.25, 0.3) is 0 Å². The van der Waals surface area contributed by atoms with Crippen molar-refractivity contribution in [1.82, 2.24) is 24.5 Å². The minimum absolute atomic E-state index is 0.0168. The fourth-order valence-electron chi connectivity index (χ4n) is 3.07. The number of benzene rings is 1. The van der Waals surface area contributed by atoms with E-state index in [1.165, 1.54) is 30.1 Å². The fourth-order valence-corrected chi connectivity index (χ4v) is 3.07.